The van der Waals surface area contributed by atoms with E-state index in [1.165, 1.54) is 0 Å². The molecule has 1 atom stereocenters. The lowest BCUT2D eigenvalue weighted by atomic mass is 10.0. The molecule has 1 aliphatic rings. The second-order valence-electron chi connectivity index (χ2n) is 5.90. The van der Waals surface area contributed by atoms with E-state index in [1.807, 2.05) is 23.6 Å². The Labute approximate surface area is 155 Å². The maximum atomic E-state index is 10.8. The first-order valence-electron chi connectivity index (χ1n) is 8.13. The van der Waals surface area contributed by atoms with Gasteiger partial charge in [-0.15, -0.1) is 0 Å². The van der Waals surface area contributed by atoms with Crippen LogP contribution in [0.4, 0.5) is 5.00 Å². The second kappa shape index (κ2) is 8.73. The zero-order valence-electron chi connectivity index (χ0n) is 13.7. The molecule has 1 aromatic heterocycles. The summed E-state index contributed by atoms with van der Waals surface area (Å²) in [6.45, 7) is 4.56. The van der Waals surface area contributed by atoms with Crippen LogP contribution in [0.1, 0.15) is 17.2 Å². The second-order valence-corrected chi connectivity index (χ2v) is 7.23. The van der Waals surface area contributed by atoms with Crippen molar-refractivity contribution in [3.8, 4) is 0 Å². The average molecular weight is 382 g/mol. The van der Waals surface area contributed by atoms with Crippen LogP contribution < -0.4 is 5.32 Å². The predicted octanol–water partition coefficient (Wildman–Crippen LogP) is 3.47. The maximum Gasteiger partial charge on any atom is 0.324 e. The van der Waals surface area contributed by atoms with Gasteiger partial charge in [0.1, 0.15) is 0 Å². The van der Waals surface area contributed by atoms with Crippen molar-refractivity contribution in [3.05, 3.63) is 62.0 Å². The van der Waals surface area contributed by atoms with E-state index >= 15 is 0 Å². The average Bonchev–Trinajstić information content (AvgIpc) is 3.09. The van der Waals surface area contributed by atoms with Crippen LogP contribution in [0.3, 0.4) is 0 Å². The minimum atomic E-state index is -0.351. The summed E-state index contributed by atoms with van der Waals surface area (Å²) in [7, 11) is 0. The van der Waals surface area contributed by atoms with Crippen molar-refractivity contribution < 1.29 is 9.66 Å². The summed E-state index contributed by atoms with van der Waals surface area (Å²) >= 11 is 7.32. The van der Waals surface area contributed by atoms with Crippen molar-refractivity contribution in [2.24, 2.45) is 0 Å². The van der Waals surface area contributed by atoms with Crippen molar-refractivity contribution >= 4 is 27.9 Å². The number of ether oxygens (including phenoxy) is 1. The van der Waals surface area contributed by atoms with Gasteiger partial charge in [0.25, 0.3) is 0 Å². The standard InChI is InChI=1S/C17H20ClN3O3S/c18-15-3-1-2-14(9-15)16(20-4-6-24-7-5-20)11-19-10-13-8-17(21(22)23)25-12-13/h1-3,8-9,12,16,19H,4-7,10-11H2. The highest BCUT2D eigenvalue weighted by Crippen LogP contribution is 2.25. The van der Waals surface area contributed by atoms with E-state index in [0.717, 1.165) is 60.3 Å². The molecule has 8 heteroatoms. The Morgan fingerprint density at radius 2 is 2.16 bits per heavy atom. The van der Waals surface area contributed by atoms with Gasteiger partial charge in [-0.25, -0.2) is 0 Å². The third-order valence-electron chi connectivity index (χ3n) is 4.21. The first-order chi connectivity index (χ1) is 12.1. The number of halogens is 1. The summed E-state index contributed by atoms with van der Waals surface area (Å²) in [5, 5.41) is 16.9. The number of benzene rings is 1. The largest absolute Gasteiger partial charge is 0.379 e. The molecule has 2 heterocycles. The van der Waals surface area contributed by atoms with Gasteiger partial charge in [-0.05, 0) is 23.3 Å². The monoisotopic (exact) mass is 381 g/mol. The molecule has 0 amide bonds. The third kappa shape index (κ3) is 4.99. The van der Waals surface area contributed by atoms with Crippen LogP contribution in [-0.2, 0) is 11.3 Å². The SMILES string of the molecule is O=[N+]([O-])c1cc(CNCC(c2cccc(Cl)c2)N2CCOCC2)cs1. The molecule has 1 unspecified atom stereocenters. The third-order valence-corrected chi connectivity index (χ3v) is 5.37. The van der Waals surface area contributed by atoms with Crippen LogP contribution >= 0.6 is 22.9 Å². The molecule has 1 saturated heterocycles. The number of hydrogen-bond acceptors (Lipinski definition) is 6. The first-order valence-corrected chi connectivity index (χ1v) is 9.39. The fourth-order valence-electron chi connectivity index (χ4n) is 2.97. The molecule has 134 valence electrons. The summed E-state index contributed by atoms with van der Waals surface area (Å²) in [6, 6.07) is 9.74. The van der Waals surface area contributed by atoms with Gasteiger partial charge in [-0.1, -0.05) is 35.1 Å². The summed E-state index contributed by atoms with van der Waals surface area (Å²) in [6.07, 6.45) is 0. The minimum Gasteiger partial charge on any atom is -0.379 e. The Balaban J connectivity index is 1.65. The molecule has 1 N–H and O–H groups in total. The Morgan fingerprint density at radius 1 is 1.36 bits per heavy atom. The van der Waals surface area contributed by atoms with Gasteiger partial charge in [0.2, 0.25) is 0 Å². The number of thiophene rings is 1. The number of nitro groups is 1. The molecule has 25 heavy (non-hydrogen) atoms. The summed E-state index contributed by atoms with van der Waals surface area (Å²) in [4.78, 5) is 12.8. The van der Waals surface area contributed by atoms with Crippen molar-refractivity contribution in [3.63, 3.8) is 0 Å². The van der Waals surface area contributed by atoms with Crippen molar-refractivity contribution in [1.82, 2.24) is 10.2 Å². The molecule has 3 rings (SSSR count). The Morgan fingerprint density at radius 3 is 2.84 bits per heavy atom. The number of nitrogens with one attached hydrogen (secondary N) is 1. The lowest BCUT2D eigenvalue weighted by Crippen LogP contribution is -2.42. The van der Waals surface area contributed by atoms with Gasteiger partial charge in [-0.3, -0.25) is 15.0 Å². The van der Waals surface area contributed by atoms with Crippen LogP contribution in [0.15, 0.2) is 35.7 Å². The number of hydrogen-bond donors (Lipinski definition) is 1. The highest BCUT2D eigenvalue weighted by Gasteiger charge is 2.22. The van der Waals surface area contributed by atoms with Gasteiger partial charge >= 0.3 is 5.00 Å². The van der Waals surface area contributed by atoms with Gasteiger partial charge in [0.05, 0.1) is 18.1 Å². The molecule has 0 radical (unpaired) electrons. The molecular formula is C17H20ClN3O3S. The smallest absolute Gasteiger partial charge is 0.324 e. The lowest BCUT2D eigenvalue weighted by molar-refractivity contribution is -0.380. The molecule has 1 aliphatic heterocycles. The lowest BCUT2D eigenvalue weighted by Gasteiger charge is -2.35. The van der Waals surface area contributed by atoms with E-state index in [-0.39, 0.29) is 16.0 Å². The van der Waals surface area contributed by atoms with E-state index in [1.54, 1.807) is 6.07 Å². The van der Waals surface area contributed by atoms with Gasteiger partial charge in [-0.2, -0.15) is 0 Å². The van der Waals surface area contributed by atoms with Crippen molar-refractivity contribution in [2.75, 3.05) is 32.8 Å². The first kappa shape index (κ1) is 18.3. The van der Waals surface area contributed by atoms with Gasteiger partial charge < -0.3 is 10.1 Å². The maximum absolute atomic E-state index is 10.8. The summed E-state index contributed by atoms with van der Waals surface area (Å²) < 4.78 is 5.46. The topological polar surface area (TPSA) is 67.6 Å². The van der Waals surface area contributed by atoms with E-state index < -0.39 is 0 Å². The molecule has 2 aromatic rings. The Kier molecular flexibility index (Phi) is 6.39. The van der Waals surface area contributed by atoms with E-state index in [0.29, 0.717) is 6.54 Å². The highest BCUT2D eigenvalue weighted by atomic mass is 35.5. The van der Waals surface area contributed by atoms with E-state index in [4.69, 9.17) is 16.3 Å². The molecular weight excluding hydrogens is 362 g/mol. The van der Waals surface area contributed by atoms with Crippen LogP contribution in [0.2, 0.25) is 5.02 Å². The molecule has 0 saturated carbocycles. The summed E-state index contributed by atoms with van der Waals surface area (Å²) in [5.41, 5.74) is 2.10. The molecule has 1 aromatic carbocycles. The van der Waals surface area contributed by atoms with E-state index in [9.17, 15) is 10.1 Å². The van der Waals surface area contributed by atoms with Crippen molar-refractivity contribution in [2.45, 2.75) is 12.6 Å². The molecule has 6 nitrogen and oxygen atoms in total. The summed E-state index contributed by atoms with van der Waals surface area (Å²) in [5.74, 6) is 0. The van der Waals surface area contributed by atoms with Crippen LogP contribution in [0.5, 0.6) is 0 Å². The molecule has 0 bridgehead atoms. The van der Waals surface area contributed by atoms with Gasteiger partial charge in [0, 0.05) is 48.7 Å². The minimum absolute atomic E-state index is 0.177. The van der Waals surface area contributed by atoms with E-state index in [2.05, 4.69) is 16.3 Å². The van der Waals surface area contributed by atoms with Crippen LogP contribution in [0.25, 0.3) is 0 Å². The zero-order valence-corrected chi connectivity index (χ0v) is 15.3. The molecule has 0 aliphatic carbocycles. The quantitative estimate of drug-likeness (QED) is 0.587. The fraction of sp³-hybridized carbons (Fsp3) is 0.412. The Bertz CT molecular complexity index is 719. The van der Waals surface area contributed by atoms with Crippen LogP contribution in [0, 0.1) is 10.1 Å². The Hall–Kier alpha value is -1.51. The van der Waals surface area contributed by atoms with Gasteiger partial charge in [0.15, 0.2) is 0 Å². The number of rotatable bonds is 7. The molecule has 1 fully saturated rings. The predicted molar refractivity (Wildman–Crippen MR) is 99.3 cm³/mol. The zero-order chi connectivity index (χ0) is 17.6. The highest BCUT2D eigenvalue weighted by molar-refractivity contribution is 7.13. The fourth-order valence-corrected chi connectivity index (χ4v) is 3.89. The van der Waals surface area contributed by atoms with Crippen molar-refractivity contribution in [1.29, 1.82) is 0 Å². The normalized spacial score (nSPS) is 16.7. The van der Waals surface area contributed by atoms with Crippen LogP contribution in [-0.4, -0.2) is 42.7 Å². The number of morpholine rings is 1. The number of nitrogens with zero attached hydrogens (tertiary/aromatic N) is 2. The molecule has 0 spiro atoms.